The van der Waals surface area contributed by atoms with Crippen LogP contribution in [0.15, 0.2) is 16.6 Å². The number of imidazole rings is 1. The maximum absolute atomic E-state index is 12.2. The fourth-order valence-corrected chi connectivity index (χ4v) is 3.57. The SMILES string of the molecule is CCCNC(=O)CNS(=O)(=O)c1c(N)nc2sccn12. The second-order valence-electron chi connectivity index (χ2n) is 4.03. The van der Waals surface area contributed by atoms with Crippen molar-refractivity contribution in [1.29, 1.82) is 0 Å². The fourth-order valence-electron chi connectivity index (χ4n) is 1.60. The van der Waals surface area contributed by atoms with E-state index < -0.39 is 10.0 Å². The molecule has 8 nitrogen and oxygen atoms in total. The Morgan fingerprint density at radius 2 is 2.30 bits per heavy atom. The number of nitrogen functional groups attached to an aromatic ring is 1. The van der Waals surface area contributed by atoms with E-state index in [0.29, 0.717) is 11.5 Å². The van der Waals surface area contributed by atoms with Gasteiger partial charge >= 0.3 is 0 Å². The van der Waals surface area contributed by atoms with Crippen molar-refractivity contribution >= 4 is 38.0 Å². The highest BCUT2D eigenvalue weighted by atomic mass is 32.2. The van der Waals surface area contributed by atoms with Gasteiger partial charge in [-0.3, -0.25) is 9.20 Å². The molecule has 0 spiro atoms. The lowest BCUT2D eigenvalue weighted by Gasteiger charge is -2.07. The van der Waals surface area contributed by atoms with Gasteiger partial charge < -0.3 is 11.1 Å². The lowest BCUT2D eigenvalue weighted by atomic mass is 10.5. The molecule has 0 bridgehead atoms. The monoisotopic (exact) mass is 317 g/mol. The molecule has 0 saturated carbocycles. The predicted octanol–water partition coefficient (Wildman–Crippen LogP) is -0.217. The van der Waals surface area contributed by atoms with E-state index in [2.05, 4.69) is 15.0 Å². The number of anilines is 1. The molecule has 0 aliphatic rings. The first-order chi connectivity index (χ1) is 9.45. The number of rotatable bonds is 6. The van der Waals surface area contributed by atoms with Gasteiger partial charge in [-0.05, 0) is 6.42 Å². The Morgan fingerprint density at radius 3 is 3.00 bits per heavy atom. The minimum Gasteiger partial charge on any atom is -0.381 e. The Morgan fingerprint density at radius 1 is 1.55 bits per heavy atom. The molecule has 10 heteroatoms. The number of thiazole rings is 1. The van der Waals surface area contributed by atoms with Crippen molar-refractivity contribution in [3.63, 3.8) is 0 Å². The largest absolute Gasteiger partial charge is 0.381 e. The molecular weight excluding hydrogens is 302 g/mol. The summed E-state index contributed by atoms with van der Waals surface area (Å²) in [4.78, 5) is 15.9. The fraction of sp³-hybridized carbons (Fsp3) is 0.400. The number of aromatic nitrogens is 2. The van der Waals surface area contributed by atoms with Crippen molar-refractivity contribution in [2.24, 2.45) is 0 Å². The topological polar surface area (TPSA) is 119 Å². The van der Waals surface area contributed by atoms with Crippen LogP contribution in [0.2, 0.25) is 0 Å². The Balaban J connectivity index is 2.16. The van der Waals surface area contributed by atoms with Crippen molar-refractivity contribution in [2.75, 3.05) is 18.8 Å². The molecule has 0 unspecified atom stereocenters. The molecule has 0 atom stereocenters. The van der Waals surface area contributed by atoms with Crippen LogP contribution in [0.1, 0.15) is 13.3 Å². The van der Waals surface area contributed by atoms with Crippen LogP contribution in [0.25, 0.3) is 4.96 Å². The number of hydrogen-bond donors (Lipinski definition) is 3. The van der Waals surface area contributed by atoms with Crippen LogP contribution >= 0.6 is 11.3 Å². The zero-order valence-corrected chi connectivity index (χ0v) is 12.4. The highest BCUT2D eigenvalue weighted by molar-refractivity contribution is 7.89. The quantitative estimate of drug-likeness (QED) is 0.681. The highest BCUT2D eigenvalue weighted by Crippen LogP contribution is 2.22. The summed E-state index contributed by atoms with van der Waals surface area (Å²) in [5.41, 5.74) is 5.63. The molecule has 1 amide bonds. The molecule has 0 aliphatic heterocycles. The summed E-state index contributed by atoms with van der Waals surface area (Å²) in [5, 5.41) is 4.14. The van der Waals surface area contributed by atoms with Gasteiger partial charge in [0, 0.05) is 18.1 Å². The number of carbonyl (C=O) groups excluding carboxylic acids is 1. The lowest BCUT2D eigenvalue weighted by Crippen LogP contribution is -2.37. The van der Waals surface area contributed by atoms with Crippen LogP contribution in [0.5, 0.6) is 0 Å². The minimum absolute atomic E-state index is 0.0849. The van der Waals surface area contributed by atoms with Crippen molar-refractivity contribution in [2.45, 2.75) is 18.4 Å². The van der Waals surface area contributed by atoms with Gasteiger partial charge in [0.2, 0.25) is 5.91 Å². The zero-order chi connectivity index (χ0) is 14.8. The Kier molecular flexibility index (Phi) is 4.26. The van der Waals surface area contributed by atoms with Gasteiger partial charge in [-0.1, -0.05) is 6.92 Å². The Hall–Kier alpha value is -1.65. The normalized spacial score (nSPS) is 11.8. The van der Waals surface area contributed by atoms with Crippen molar-refractivity contribution < 1.29 is 13.2 Å². The number of nitrogens with one attached hydrogen (secondary N) is 2. The third kappa shape index (κ3) is 2.92. The second kappa shape index (κ2) is 5.77. The van der Waals surface area contributed by atoms with E-state index in [1.54, 1.807) is 11.6 Å². The number of amides is 1. The standard InChI is InChI=1S/C10H15N5O3S2/c1-2-3-12-7(16)6-13-20(17,18)9-8(11)14-10-15(9)4-5-19-10/h4-5,13H,2-3,6,11H2,1H3,(H,12,16). The average Bonchev–Trinajstić information content (AvgIpc) is 2.93. The first kappa shape index (κ1) is 14.8. The van der Waals surface area contributed by atoms with E-state index in [1.165, 1.54) is 15.7 Å². The van der Waals surface area contributed by atoms with Crippen LogP contribution in [0, 0.1) is 0 Å². The zero-order valence-electron chi connectivity index (χ0n) is 10.8. The second-order valence-corrected chi connectivity index (χ2v) is 6.59. The highest BCUT2D eigenvalue weighted by Gasteiger charge is 2.24. The van der Waals surface area contributed by atoms with E-state index in [1.807, 2.05) is 6.92 Å². The molecule has 110 valence electrons. The van der Waals surface area contributed by atoms with Crippen LogP contribution in [-0.2, 0) is 14.8 Å². The predicted molar refractivity (Wildman–Crippen MR) is 76.0 cm³/mol. The van der Waals surface area contributed by atoms with Crippen LogP contribution < -0.4 is 15.8 Å². The maximum atomic E-state index is 12.2. The van der Waals surface area contributed by atoms with Crippen LogP contribution in [0.4, 0.5) is 5.82 Å². The van der Waals surface area contributed by atoms with Gasteiger partial charge in [-0.25, -0.2) is 18.1 Å². The van der Waals surface area contributed by atoms with E-state index in [0.717, 1.165) is 6.42 Å². The molecule has 2 heterocycles. The van der Waals surface area contributed by atoms with E-state index in [-0.39, 0.29) is 23.3 Å². The summed E-state index contributed by atoms with van der Waals surface area (Å²) in [6, 6.07) is 0. The molecule has 2 aromatic rings. The number of fused-ring (bicyclic) bond motifs is 1. The Bertz CT molecular complexity index is 718. The van der Waals surface area contributed by atoms with Gasteiger partial charge in [-0.2, -0.15) is 0 Å². The summed E-state index contributed by atoms with van der Waals surface area (Å²) >= 11 is 1.27. The number of carbonyl (C=O) groups is 1. The van der Waals surface area contributed by atoms with Gasteiger partial charge in [0.05, 0.1) is 6.54 Å². The molecule has 2 rings (SSSR count). The molecule has 2 aromatic heterocycles. The van der Waals surface area contributed by atoms with Crippen LogP contribution in [0.3, 0.4) is 0 Å². The third-order valence-electron chi connectivity index (χ3n) is 2.49. The summed E-state index contributed by atoms with van der Waals surface area (Å²) in [6.45, 7) is 2.08. The molecule has 0 fully saturated rings. The molecule has 0 saturated heterocycles. The molecule has 0 aromatic carbocycles. The minimum atomic E-state index is -3.89. The average molecular weight is 317 g/mol. The number of sulfonamides is 1. The summed E-state index contributed by atoms with van der Waals surface area (Å²) < 4.78 is 28.0. The molecule has 20 heavy (non-hydrogen) atoms. The van der Waals surface area contributed by atoms with Gasteiger partial charge in [0.25, 0.3) is 10.0 Å². The lowest BCUT2D eigenvalue weighted by molar-refractivity contribution is -0.119. The van der Waals surface area contributed by atoms with E-state index in [4.69, 9.17) is 5.73 Å². The van der Waals surface area contributed by atoms with Gasteiger partial charge in [0.1, 0.15) is 0 Å². The summed E-state index contributed by atoms with van der Waals surface area (Å²) in [7, 11) is -3.89. The van der Waals surface area contributed by atoms with Crippen molar-refractivity contribution in [3.8, 4) is 0 Å². The first-order valence-corrected chi connectivity index (χ1v) is 8.29. The number of nitrogens with zero attached hydrogens (tertiary/aromatic N) is 2. The Labute approximate surface area is 120 Å². The molecular formula is C10H15N5O3S2. The van der Waals surface area contributed by atoms with Crippen molar-refractivity contribution in [1.82, 2.24) is 19.4 Å². The first-order valence-electron chi connectivity index (χ1n) is 5.93. The van der Waals surface area contributed by atoms with Crippen molar-refractivity contribution in [3.05, 3.63) is 11.6 Å². The molecule has 0 radical (unpaired) electrons. The van der Waals surface area contributed by atoms with E-state index >= 15 is 0 Å². The number of nitrogens with two attached hydrogens (primary N) is 1. The number of hydrogen-bond acceptors (Lipinski definition) is 6. The smallest absolute Gasteiger partial charge is 0.260 e. The van der Waals surface area contributed by atoms with E-state index in [9.17, 15) is 13.2 Å². The third-order valence-corrected chi connectivity index (χ3v) is 4.69. The summed E-state index contributed by atoms with van der Waals surface area (Å²) in [5.74, 6) is -0.474. The molecule has 4 N–H and O–H groups in total. The van der Waals surface area contributed by atoms with Crippen LogP contribution in [-0.4, -0.2) is 36.8 Å². The van der Waals surface area contributed by atoms with Gasteiger partial charge in [0.15, 0.2) is 15.8 Å². The summed E-state index contributed by atoms with van der Waals surface area (Å²) in [6.07, 6.45) is 2.35. The van der Waals surface area contributed by atoms with Gasteiger partial charge in [-0.15, -0.1) is 11.3 Å². The molecule has 0 aliphatic carbocycles. The maximum Gasteiger partial charge on any atom is 0.260 e.